The number of benzene rings is 1. The first-order chi connectivity index (χ1) is 8.56. The van der Waals surface area contributed by atoms with Crippen LogP contribution in [0.25, 0.3) is 0 Å². The number of carbonyl (C=O) groups is 1. The Morgan fingerprint density at radius 1 is 1.33 bits per heavy atom. The standard InChI is InChI=1S/C12H7BrClFN2O/c13-8-2-3-10(9(14)5-8)17-12(18)7-1-4-11(15)16-6-7/h1-6H,(H,17,18). The molecule has 0 saturated carbocycles. The smallest absolute Gasteiger partial charge is 0.257 e. The van der Waals surface area contributed by atoms with Crippen LogP contribution in [0.2, 0.25) is 5.02 Å². The van der Waals surface area contributed by atoms with Gasteiger partial charge in [0, 0.05) is 10.7 Å². The van der Waals surface area contributed by atoms with Crippen LogP contribution >= 0.6 is 27.5 Å². The first-order valence-corrected chi connectivity index (χ1v) is 6.11. The number of pyridine rings is 1. The highest BCUT2D eigenvalue weighted by molar-refractivity contribution is 9.10. The van der Waals surface area contributed by atoms with Gasteiger partial charge >= 0.3 is 0 Å². The number of hydrogen-bond donors (Lipinski definition) is 1. The summed E-state index contributed by atoms with van der Waals surface area (Å²) in [6, 6.07) is 7.56. The molecule has 6 heteroatoms. The fraction of sp³-hybridized carbons (Fsp3) is 0. The maximum Gasteiger partial charge on any atom is 0.257 e. The van der Waals surface area contributed by atoms with Crippen LogP contribution in [0.4, 0.5) is 10.1 Å². The highest BCUT2D eigenvalue weighted by Crippen LogP contribution is 2.25. The molecule has 1 aromatic heterocycles. The molecule has 1 heterocycles. The minimum absolute atomic E-state index is 0.260. The average molecular weight is 330 g/mol. The molecular formula is C12H7BrClFN2O. The van der Waals surface area contributed by atoms with Gasteiger partial charge in [0.05, 0.1) is 16.3 Å². The molecule has 0 unspecified atom stereocenters. The number of amides is 1. The molecule has 0 fully saturated rings. The van der Waals surface area contributed by atoms with Crippen LogP contribution in [0.5, 0.6) is 0 Å². The molecule has 0 spiro atoms. The molecule has 3 nitrogen and oxygen atoms in total. The van der Waals surface area contributed by atoms with E-state index in [1.54, 1.807) is 18.2 Å². The van der Waals surface area contributed by atoms with E-state index in [1.165, 1.54) is 6.07 Å². The molecule has 92 valence electrons. The molecule has 0 radical (unpaired) electrons. The minimum Gasteiger partial charge on any atom is -0.321 e. The Labute approximate surface area is 116 Å². The molecule has 1 aromatic carbocycles. The predicted molar refractivity (Wildman–Crippen MR) is 71.3 cm³/mol. The van der Waals surface area contributed by atoms with Gasteiger partial charge in [-0.3, -0.25) is 4.79 Å². The van der Waals surface area contributed by atoms with E-state index in [0.717, 1.165) is 16.7 Å². The van der Waals surface area contributed by atoms with Gasteiger partial charge in [-0.05, 0) is 30.3 Å². The van der Waals surface area contributed by atoms with Crippen molar-refractivity contribution in [3.8, 4) is 0 Å². The fourth-order valence-electron chi connectivity index (χ4n) is 1.30. The Kier molecular flexibility index (Phi) is 3.93. The third-order valence-corrected chi connectivity index (χ3v) is 2.97. The number of hydrogen-bond acceptors (Lipinski definition) is 2. The third kappa shape index (κ3) is 3.05. The predicted octanol–water partition coefficient (Wildman–Crippen LogP) is 3.89. The van der Waals surface area contributed by atoms with E-state index in [1.807, 2.05) is 0 Å². The lowest BCUT2D eigenvalue weighted by atomic mass is 10.2. The van der Waals surface area contributed by atoms with Crippen molar-refractivity contribution in [2.45, 2.75) is 0 Å². The number of halogens is 3. The van der Waals surface area contributed by atoms with Gasteiger partial charge < -0.3 is 5.32 Å². The van der Waals surface area contributed by atoms with Crippen molar-refractivity contribution in [2.24, 2.45) is 0 Å². The average Bonchev–Trinajstić information content (AvgIpc) is 2.33. The van der Waals surface area contributed by atoms with Crippen LogP contribution in [0.3, 0.4) is 0 Å². The molecule has 1 amide bonds. The number of nitrogens with one attached hydrogen (secondary N) is 1. The number of carbonyl (C=O) groups excluding carboxylic acids is 1. The highest BCUT2D eigenvalue weighted by Gasteiger charge is 2.09. The molecule has 2 rings (SSSR count). The molecule has 0 atom stereocenters. The second-order valence-electron chi connectivity index (χ2n) is 3.45. The second kappa shape index (κ2) is 5.46. The van der Waals surface area contributed by atoms with E-state index in [9.17, 15) is 9.18 Å². The first kappa shape index (κ1) is 13.0. The van der Waals surface area contributed by atoms with Gasteiger partial charge in [-0.15, -0.1) is 0 Å². The summed E-state index contributed by atoms with van der Waals surface area (Å²) in [5.41, 5.74) is 0.740. The monoisotopic (exact) mass is 328 g/mol. The zero-order chi connectivity index (χ0) is 13.1. The topological polar surface area (TPSA) is 42.0 Å². The fourth-order valence-corrected chi connectivity index (χ4v) is 2.02. The maximum atomic E-state index is 12.6. The van der Waals surface area contributed by atoms with Crippen molar-refractivity contribution < 1.29 is 9.18 Å². The van der Waals surface area contributed by atoms with Crippen LogP contribution < -0.4 is 5.32 Å². The lowest BCUT2D eigenvalue weighted by molar-refractivity contribution is 0.102. The minimum atomic E-state index is -0.631. The molecular weight excluding hydrogens is 322 g/mol. The summed E-state index contributed by atoms with van der Waals surface area (Å²) >= 11 is 9.23. The Morgan fingerprint density at radius 2 is 2.11 bits per heavy atom. The van der Waals surface area contributed by atoms with Crippen molar-refractivity contribution in [3.05, 3.63) is 57.5 Å². The van der Waals surface area contributed by atoms with Gasteiger partial charge in [0.25, 0.3) is 5.91 Å². The number of anilines is 1. The van der Waals surface area contributed by atoms with Crippen molar-refractivity contribution in [3.63, 3.8) is 0 Å². The normalized spacial score (nSPS) is 10.2. The van der Waals surface area contributed by atoms with Crippen molar-refractivity contribution in [1.29, 1.82) is 0 Å². The van der Waals surface area contributed by atoms with Gasteiger partial charge in [-0.25, -0.2) is 4.98 Å². The van der Waals surface area contributed by atoms with Crippen molar-refractivity contribution >= 4 is 39.1 Å². The largest absolute Gasteiger partial charge is 0.321 e. The zero-order valence-electron chi connectivity index (χ0n) is 8.95. The SMILES string of the molecule is O=C(Nc1ccc(Br)cc1Cl)c1ccc(F)nc1. The van der Waals surface area contributed by atoms with Gasteiger partial charge in [0.15, 0.2) is 0 Å². The van der Waals surface area contributed by atoms with E-state index in [2.05, 4.69) is 26.2 Å². The summed E-state index contributed by atoms with van der Waals surface area (Å²) in [4.78, 5) is 15.2. The van der Waals surface area contributed by atoms with Crippen LogP contribution in [0.1, 0.15) is 10.4 Å². The lowest BCUT2D eigenvalue weighted by Gasteiger charge is -2.07. The van der Waals surface area contributed by atoms with Crippen LogP contribution in [0.15, 0.2) is 41.0 Å². The molecule has 2 aromatic rings. The summed E-state index contributed by atoms with van der Waals surface area (Å²) in [7, 11) is 0. The summed E-state index contributed by atoms with van der Waals surface area (Å²) in [6.45, 7) is 0. The third-order valence-electron chi connectivity index (χ3n) is 2.17. The number of rotatable bonds is 2. The van der Waals surface area contributed by atoms with E-state index >= 15 is 0 Å². The Hall–Kier alpha value is -1.46. The van der Waals surface area contributed by atoms with Gasteiger partial charge in [-0.2, -0.15) is 4.39 Å². The van der Waals surface area contributed by atoms with Gasteiger partial charge in [0.1, 0.15) is 0 Å². The number of aromatic nitrogens is 1. The number of nitrogens with zero attached hydrogens (tertiary/aromatic N) is 1. The second-order valence-corrected chi connectivity index (χ2v) is 4.77. The molecule has 0 aliphatic carbocycles. The molecule has 0 bridgehead atoms. The van der Waals surface area contributed by atoms with Crippen LogP contribution in [-0.4, -0.2) is 10.9 Å². The van der Waals surface area contributed by atoms with Crippen molar-refractivity contribution in [2.75, 3.05) is 5.32 Å². The molecule has 0 aliphatic rings. The van der Waals surface area contributed by atoms with Crippen LogP contribution in [-0.2, 0) is 0 Å². The summed E-state index contributed by atoms with van der Waals surface area (Å²) in [5, 5.41) is 3.03. The molecule has 18 heavy (non-hydrogen) atoms. The van der Waals surface area contributed by atoms with Gasteiger partial charge in [0.2, 0.25) is 5.95 Å². The van der Waals surface area contributed by atoms with Gasteiger partial charge in [-0.1, -0.05) is 27.5 Å². The molecule has 0 aliphatic heterocycles. The highest BCUT2D eigenvalue weighted by atomic mass is 79.9. The van der Waals surface area contributed by atoms with E-state index in [-0.39, 0.29) is 5.56 Å². The van der Waals surface area contributed by atoms with Crippen LogP contribution in [0, 0.1) is 5.95 Å². The summed E-state index contributed by atoms with van der Waals surface area (Å²) < 4.78 is 13.4. The molecule has 1 N–H and O–H groups in total. The first-order valence-electron chi connectivity index (χ1n) is 4.94. The van der Waals surface area contributed by atoms with E-state index in [0.29, 0.717) is 10.7 Å². The van der Waals surface area contributed by atoms with E-state index < -0.39 is 11.9 Å². The Bertz CT molecular complexity index is 589. The lowest BCUT2D eigenvalue weighted by Crippen LogP contribution is -2.12. The zero-order valence-corrected chi connectivity index (χ0v) is 11.3. The van der Waals surface area contributed by atoms with E-state index in [4.69, 9.17) is 11.6 Å². The van der Waals surface area contributed by atoms with Crippen molar-refractivity contribution in [1.82, 2.24) is 4.98 Å². The maximum absolute atomic E-state index is 12.6. The summed E-state index contributed by atoms with van der Waals surface area (Å²) in [5.74, 6) is -1.03. The molecule has 0 saturated heterocycles. The Morgan fingerprint density at radius 3 is 2.72 bits per heavy atom. The summed E-state index contributed by atoms with van der Waals surface area (Å²) in [6.07, 6.45) is 1.16. The Balaban J connectivity index is 2.18. The quantitative estimate of drug-likeness (QED) is 0.849.